The molecular weight excluding hydrogens is 412 g/mol. The van der Waals surface area contributed by atoms with Crippen LogP contribution in [0, 0.1) is 12.8 Å². The first-order chi connectivity index (χ1) is 14.9. The molecule has 5 nitrogen and oxygen atoms in total. The van der Waals surface area contributed by atoms with E-state index in [1.807, 2.05) is 44.2 Å². The zero-order valence-electron chi connectivity index (χ0n) is 18.2. The fourth-order valence-electron chi connectivity index (χ4n) is 4.30. The SMILES string of the molecule is CCOc1ccc(C2=C(N3CCCC(C)C3)C(=O)N(c3ccc(C)c(Cl)c3)C2=O)cc1. The van der Waals surface area contributed by atoms with Gasteiger partial charge in [-0.2, -0.15) is 0 Å². The van der Waals surface area contributed by atoms with Crippen LogP contribution in [0.25, 0.3) is 5.57 Å². The van der Waals surface area contributed by atoms with Gasteiger partial charge in [0.25, 0.3) is 11.8 Å². The highest BCUT2D eigenvalue weighted by Crippen LogP contribution is 2.37. The summed E-state index contributed by atoms with van der Waals surface area (Å²) in [6, 6.07) is 12.7. The predicted octanol–water partition coefficient (Wildman–Crippen LogP) is 5.06. The van der Waals surface area contributed by atoms with Gasteiger partial charge in [0.1, 0.15) is 11.4 Å². The Kier molecular flexibility index (Phi) is 6.05. The normalized spacial score (nSPS) is 19.4. The summed E-state index contributed by atoms with van der Waals surface area (Å²) in [5, 5.41) is 0.528. The number of carbonyl (C=O) groups excluding carboxylic acids is 2. The van der Waals surface area contributed by atoms with Gasteiger partial charge in [-0.15, -0.1) is 0 Å². The fourth-order valence-corrected chi connectivity index (χ4v) is 4.48. The Morgan fingerprint density at radius 1 is 1.10 bits per heavy atom. The van der Waals surface area contributed by atoms with Crippen LogP contribution in [0.1, 0.15) is 37.8 Å². The number of imide groups is 1. The molecule has 0 aromatic heterocycles. The van der Waals surface area contributed by atoms with Crippen molar-refractivity contribution >= 4 is 34.7 Å². The van der Waals surface area contributed by atoms with Crippen LogP contribution >= 0.6 is 11.6 Å². The number of amides is 2. The van der Waals surface area contributed by atoms with Crippen LogP contribution in [-0.2, 0) is 9.59 Å². The van der Waals surface area contributed by atoms with Crippen LogP contribution in [0.5, 0.6) is 5.75 Å². The summed E-state index contributed by atoms with van der Waals surface area (Å²) in [4.78, 5) is 30.5. The van der Waals surface area contributed by atoms with E-state index in [1.165, 1.54) is 4.90 Å². The highest BCUT2D eigenvalue weighted by atomic mass is 35.5. The number of nitrogens with zero attached hydrogens (tertiary/aromatic N) is 2. The summed E-state index contributed by atoms with van der Waals surface area (Å²) in [5.74, 6) is 0.595. The van der Waals surface area contributed by atoms with Crippen molar-refractivity contribution in [1.82, 2.24) is 4.90 Å². The molecule has 1 fully saturated rings. The molecule has 2 aromatic rings. The van der Waals surface area contributed by atoms with Crippen LogP contribution in [0.4, 0.5) is 5.69 Å². The number of benzene rings is 2. The number of likely N-dealkylation sites (tertiary alicyclic amines) is 1. The molecule has 2 amide bonds. The van der Waals surface area contributed by atoms with Crippen molar-refractivity contribution in [3.05, 3.63) is 64.3 Å². The molecule has 0 radical (unpaired) electrons. The molecule has 4 rings (SSSR count). The van der Waals surface area contributed by atoms with Crippen molar-refractivity contribution < 1.29 is 14.3 Å². The molecule has 1 saturated heterocycles. The Balaban J connectivity index is 1.79. The van der Waals surface area contributed by atoms with E-state index in [9.17, 15) is 9.59 Å². The lowest BCUT2D eigenvalue weighted by Gasteiger charge is -2.33. The van der Waals surface area contributed by atoms with E-state index in [0.717, 1.165) is 42.8 Å². The van der Waals surface area contributed by atoms with Crippen molar-refractivity contribution in [3.8, 4) is 5.75 Å². The van der Waals surface area contributed by atoms with Crippen LogP contribution in [0.3, 0.4) is 0 Å². The van der Waals surface area contributed by atoms with Gasteiger partial charge in [0, 0.05) is 18.1 Å². The van der Waals surface area contributed by atoms with E-state index in [1.54, 1.807) is 12.1 Å². The van der Waals surface area contributed by atoms with E-state index in [0.29, 0.717) is 34.5 Å². The number of hydrogen-bond acceptors (Lipinski definition) is 4. The third kappa shape index (κ3) is 4.07. The van der Waals surface area contributed by atoms with Crippen molar-refractivity contribution in [2.24, 2.45) is 5.92 Å². The largest absolute Gasteiger partial charge is 0.494 e. The lowest BCUT2D eigenvalue weighted by atomic mass is 9.97. The standard InChI is InChI=1S/C25H27ClN2O3/c1-4-31-20-11-8-18(9-12-20)22-23(27-13-5-6-16(2)15-27)25(30)28(24(22)29)19-10-7-17(3)21(26)14-19/h7-12,14,16H,4-6,13,15H2,1-3H3. The second kappa shape index (κ2) is 8.75. The fraction of sp³-hybridized carbons (Fsp3) is 0.360. The Bertz CT molecular complexity index is 1050. The van der Waals surface area contributed by atoms with E-state index < -0.39 is 0 Å². The summed E-state index contributed by atoms with van der Waals surface area (Å²) in [6.07, 6.45) is 2.13. The molecule has 0 bridgehead atoms. The van der Waals surface area contributed by atoms with Crippen LogP contribution in [-0.4, -0.2) is 36.4 Å². The Morgan fingerprint density at radius 2 is 1.84 bits per heavy atom. The van der Waals surface area contributed by atoms with Crippen molar-refractivity contribution in [2.45, 2.75) is 33.6 Å². The number of rotatable bonds is 5. The lowest BCUT2D eigenvalue weighted by Crippen LogP contribution is -2.39. The molecule has 1 atom stereocenters. The van der Waals surface area contributed by atoms with E-state index in [-0.39, 0.29) is 11.8 Å². The van der Waals surface area contributed by atoms with Gasteiger partial charge < -0.3 is 9.64 Å². The van der Waals surface area contributed by atoms with Crippen molar-refractivity contribution in [1.29, 1.82) is 0 Å². The third-order valence-corrected chi connectivity index (χ3v) is 6.31. The van der Waals surface area contributed by atoms with Gasteiger partial charge in [0.2, 0.25) is 0 Å². The van der Waals surface area contributed by atoms with Gasteiger partial charge in [0.15, 0.2) is 0 Å². The number of ether oxygens (including phenoxy) is 1. The van der Waals surface area contributed by atoms with Gasteiger partial charge in [-0.3, -0.25) is 9.59 Å². The minimum atomic E-state index is -0.317. The summed E-state index contributed by atoms with van der Waals surface area (Å²) in [5.41, 5.74) is 3.04. The molecule has 2 heterocycles. The molecular formula is C25H27ClN2O3. The summed E-state index contributed by atoms with van der Waals surface area (Å²) >= 11 is 6.31. The Labute approximate surface area is 188 Å². The molecule has 31 heavy (non-hydrogen) atoms. The first kappa shape index (κ1) is 21.4. The molecule has 1 unspecified atom stereocenters. The van der Waals surface area contributed by atoms with Gasteiger partial charge in [0.05, 0.1) is 17.9 Å². The van der Waals surface area contributed by atoms with Crippen LogP contribution < -0.4 is 9.64 Å². The number of halogens is 1. The lowest BCUT2D eigenvalue weighted by molar-refractivity contribution is -0.120. The first-order valence-electron chi connectivity index (χ1n) is 10.8. The highest BCUT2D eigenvalue weighted by Gasteiger charge is 2.43. The second-order valence-corrected chi connectivity index (χ2v) is 8.66. The van der Waals surface area contributed by atoms with Crippen LogP contribution in [0.15, 0.2) is 48.2 Å². The monoisotopic (exact) mass is 438 g/mol. The number of piperidine rings is 1. The first-order valence-corrected chi connectivity index (χ1v) is 11.2. The highest BCUT2D eigenvalue weighted by molar-refractivity contribution is 6.45. The number of carbonyl (C=O) groups is 2. The second-order valence-electron chi connectivity index (χ2n) is 8.25. The summed E-state index contributed by atoms with van der Waals surface area (Å²) in [6.45, 7) is 8.10. The van der Waals surface area contributed by atoms with Gasteiger partial charge in [-0.05, 0) is 68.0 Å². The number of anilines is 1. The smallest absolute Gasteiger partial charge is 0.282 e. The predicted molar refractivity (Wildman–Crippen MR) is 123 cm³/mol. The van der Waals surface area contributed by atoms with E-state index in [4.69, 9.17) is 16.3 Å². The Morgan fingerprint density at radius 3 is 2.48 bits per heavy atom. The minimum Gasteiger partial charge on any atom is -0.494 e. The summed E-state index contributed by atoms with van der Waals surface area (Å²) < 4.78 is 5.54. The van der Waals surface area contributed by atoms with Gasteiger partial charge in [-0.25, -0.2) is 4.90 Å². The molecule has 2 aliphatic heterocycles. The maximum absolute atomic E-state index is 13.6. The third-order valence-electron chi connectivity index (χ3n) is 5.90. The molecule has 0 spiro atoms. The quantitative estimate of drug-likeness (QED) is 0.612. The summed E-state index contributed by atoms with van der Waals surface area (Å²) in [7, 11) is 0. The zero-order valence-corrected chi connectivity index (χ0v) is 18.9. The molecule has 0 N–H and O–H groups in total. The molecule has 2 aliphatic rings. The number of hydrogen-bond donors (Lipinski definition) is 0. The van der Waals surface area contributed by atoms with Crippen molar-refractivity contribution in [2.75, 3.05) is 24.6 Å². The molecule has 0 aliphatic carbocycles. The van der Waals surface area contributed by atoms with Crippen LogP contribution in [0.2, 0.25) is 5.02 Å². The molecule has 0 saturated carbocycles. The van der Waals surface area contributed by atoms with Gasteiger partial charge in [-0.1, -0.05) is 36.7 Å². The van der Waals surface area contributed by atoms with E-state index >= 15 is 0 Å². The van der Waals surface area contributed by atoms with E-state index in [2.05, 4.69) is 11.8 Å². The molecule has 162 valence electrons. The number of aryl methyl sites for hydroxylation is 1. The maximum atomic E-state index is 13.6. The average molecular weight is 439 g/mol. The molecule has 6 heteroatoms. The van der Waals surface area contributed by atoms with Gasteiger partial charge >= 0.3 is 0 Å². The maximum Gasteiger partial charge on any atom is 0.282 e. The minimum absolute atomic E-state index is 0.289. The zero-order chi connectivity index (χ0) is 22.1. The topological polar surface area (TPSA) is 49.9 Å². The molecule has 2 aromatic carbocycles. The average Bonchev–Trinajstić information content (AvgIpc) is 3.01. The van der Waals surface area contributed by atoms with Crippen molar-refractivity contribution in [3.63, 3.8) is 0 Å². The Hall–Kier alpha value is -2.79.